The molecule has 0 saturated heterocycles. The Labute approximate surface area is 49.2 Å². The molecule has 1 aliphatic heterocycles. The normalized spacial score (nSPS) is 26.6. The van der Waals surface area contributed by atoms with Crippen molar-refractivity contribution in [2.45, 2.75) is 13.0 Å². The van der Waals surface area contributed by atoms with Gasteiger partial charge in [0.05, 0.1) is 6.04 Å². The molecule has 0 amide bonds. The third kappa shape index (κ3) is 0.746. The lowest BCUT2D eigenvalue weighted by Gasteiger charge is -2.02. The van der Waals surface area contributed by atoms with Gasteiger partial charge in [0.25, 0.3) is 0 Å². The average molecular weight is 110 g/mol. The molecule has 2 N–H and O–H groups in total. The molecule has 0 aromatic heterocycles. The van der Waals surface area contributed by atoms with Gasteiger partial charge in [-0.3, -0.25) is 0 Å². The van der Waals surface area contributed by atoms with E-state index in [-0.39, 0.29) is 0 Å². The summed E-state index contributed by atoms with van der Waals surface area (Å²) in [4.78, 5) is 0. The summed E-state index contributed by atoms with van der Waals surface area (Å²) in [6, 6.07) is 0.329. The molecule has 1 atom stereocenters. The first-order valence-corrected chi connectivity index (χ1v) is 2.65. The topological polar surface area (TPSA) is 24.1 Å². The van der Waals surface area contributed by atoms with E-state index in [4.69, 9.17) is 0 Å². The average Bonchev–Trinajstić information content (AvgIpc) is 2.14. The van der Waals surface area contributed by atoms with E-state index in [1.54, 1.807) is 0 Å². The standard InChI is InChI=1S/C6H10N2/c1-3-6-5(2)4-7-8-6/h3-4,6-8H,1H2,2H3. The first kappa shape index (κ1) is 5.38. The highest BCUT2D eigenvalue weighted by molar-refractivity contribution is 5.17. The van der Waals surface area contributed by atoms with Crippen molar-refractivity contribution in [2.24, 2.45) is 0 Å². The summed E-state index contributed by atoms with van der Waals surface area (Å²) < 4.78 is 0. The molecule has 0 saturated carbocycles. The van der Waals surface area contributed by atoms with E-state index in [1.807, 2.05) is 12.3 Å². The second-order valence-corrected chi connectivity index (χ2v) is 1.89. The van der Waals surface area contributed by atoms with Crippen molar-refractivity contribution >= 4 is 0 Å². The van der Waals surface area contributed by atoms with Gasteiger partial charge >= 0.3 is 0 Å². The lowest BCUT2D eigenvalue weighted by molar-refractivity contribution is 0.648. The Hall–Kier alpha value is -0.760. The number of nitrogens with one attached hydrogen (secondary N) is 2. The molecule has 44 valence electrons. The third-order valence-electron chi connectivity index (χ3n) is 1.26. The maximum absolute atomic E-state index is 3.65. The van der Waals surface area contributed by atoms with E-state index in [1.165, 1.54) is 5.57 Å². The van der Waals surface area contributed by atoms with E-state index in [9.17, 15) is 0 Å². The van der Waals surface area contributed by atoms with Crippen LogP contribution < -0.4 is 10.9 Å². The van der Waals surface area contributed by atoms with Gasteiger partial charge in [-0.2, -0.15) is 0 Å². The Morgan fingerprint density at radius 2 is 2.62 bits per heavy atom. The predicted octanol–water partition coefficient (Wildman–Crippen LogP) is 0.553. The van der Waals surface area contributed by atoms with Crippen molar-refractivity contribution in [1.82, 2.24) is 10.9 Å². The summed E-state index contributed by atoms with van der Waals surface area (Å²) in [5.41, 5.74) is 7.16. The van der Waals surface area contributed by atoms with E-state index in [0.717, 1.165) is 0 Å². The fourth-order valence-electron chi connectivity index (χ4n) is 0.694. The van der Waals surface area contributed by atoms with Gasteiger partial charge in [0, 0.05) is 6.20 Å². The predicted molar refractivity (Wildman–Crippen MR) is 34.0 cm³/mol. The number of hydrazine groups is 1. The van der Waals surface area contributed by atoms with Gasteiger partial charge in [0.2, 0.25) is 0 Å². The highest BCUT2D eigenvalue weighted by atomic mass is 15.4. The maximum atomic E-state index is 3.65. The minimum absolute atomic E-state index is 0.329. The van der Waals surface area contributed by atoms with Gasteiger partial charge < -0.3 is 5.43 Å². The van der Waals surface area contributed by atoms with Crippen LogP contribution in [-0.4, -0.2) is 6.04 Å². The number of rotatable bonds is 1. The Balaban J connectivity index is 2.58. The summed E-state index contributed by atoms with van der Waals surface area (Å²) in [6.45, 7) is 5.70. The van der Waals surface area contributed by atoms with Crippen molar-refractivity contribution < 1.29 is 0 Å². The largest absolute Gasteiger partial charge is 0.328 e. The smallest absolute Gasteiger partial charge is 0.0662 e. The SMILES string of the molecule is C=CC1NNC=C1C. The summed E-state index contributed by atoms with van der Waals surface area (Å²) in [5, 5.41) is 0. The number of hydrogen-bond acceptors (Lipinski definition) is 2. The minimum Gasteiger partial charge on any atom is -0.328 e. The van der Waals surface area contributed by atoms with Crippen LogP contribution in [0, 0.1) is 0 Å². The molecule has 0 radical (unpaired) electrons. The van der Waals surface area contributed by atoms with E-state index in [2.05, 4.69) is 24.4 Å². The fraction of sp³-hybridized carbons (Fsp3) is 0.333. The van der Waals surface area contributed by atoms with Gasteiger partial charge in [0.15, 0.2) is 0 Å². The molecule has 1 unspecified atom stereocenters. The van der Waals surface area contributed by atoms with Crippen LogP contribution in [0.3, 0.4) is 0 Å². The van der Waals surface area contributed by atoms with Gasteiger partial charge in [-0.1, -0.05) is 6.08 Å². The third-order valence-corrected chi connectivity index (χ3v) is 1.26. The van der Waals surface area contributed by atoms with Gasteiger partial charge in [0.1, 0.15) is 0 Å². The van der Waals surface area contributed by atoms with Crippen LogP contribution in [0.2, 0.25) is 0 Å². The highest BCUT2D eigenvalue weighted by Gasteiger charge is 2.08. The molecule has 8 heavy (non-hydrogen) atoms. The van der Waals surface area contributed by atoms with Crippen LogP contribution in [0.4, 0.5) is 0 Å². The second-order valence-electron chi connectivity index (χ2n) is 1.89. The maximum Gasteiger partial charge on any atom is 0.0662 e. The molecule has 2 nitrogen and oxygen atoms in total. The summed E-state index contributed by atoms with van der Waals surface area (Å²) in [6.07, 6.45) is 3.80. The van der Waals surface area contributed by atoms with Crippen molar-refractivity contribution in [3.05, 3.63) is 24.4 Å². The quantitative estimate of drug-likeness (QED) is 0.482. The van der Waals surface area contributed by atoms with Crippen molar-refractivity contribution in [2.75, 3.05) is 0 Å². The first-order valence-electron chi connectivity index (χ1n) is 2.65. The van der Waals surface area contributed by atoms with E-state index < -0.39 is 0 Å². The molecule has 0 aliphatic carbocycles. The first-order chi connectivity index (χ1) is 3.84. The van der Waals surface area contributed by atoms with Crippen LogP contribution in [0.15, 0.2) is 24.4 Å². The Morgan fingerprint density at radius 3 is 2.88 bits per heavy atom. The van der Waals surface area contributed by atoms with E-state index in [0.29, 0.717) is 6.04 Å². The summed E-state index contributed by atoms with van der Waals surface area (Å²) in [5.74, 6) is 0. The zero-order valence-corrected chi connectivity index (χ0v) is 4.94. The Morgan fingerprint density at radius 1 is 1.88 bits per heavy atom. The van der Waals surface area contributed by atoms with Gasteiger partial charge in [-0.15, -0.1) is 6.58 Å². The second kappa shape index (κ2) is 2.01. The van der Waals surface area contributed by atoms with Crippen molar-refractivity contribution in [3.8, 4) is 0 Å². The monoisotopic (exact) mass is 110 g/mol. The van der Waals surface area contributed by atoms with E-state index >= 15 is 0 Å². The molecular weight excluding hydrogens is 100 g/mol. The number of hydrogen-bond donors (Lipinski definition) is 2. The molecule has 1 rings (SSSR count). The van der Waals surface area contributed by atoms with Crippen LogP contribution >= 0.6 is 0 Å². The van der Waals surface area contributed by atoms with Crippen molar-refractivity contribution in [3.63, 3.8) is 0 Å². The molecule has 0 aromatic rings. The molecular formula is C6H10N2. The minimum atomic E-state index is 0.329. The van der Waals surface area contributed by atoms with Crippen molar-refractivity contribution in [1.29, 1.82) is 0 Å². The van der Waals surface area contributed by atoms with Crippen LogP contribution in [0.5, 0.6) is 0 Å². The molecule has 0 fully saturated rings. The van der Waals surface area contributed by atoms with Crippen LogP contribution in [0.1, 0.15) is 6.92 Å². The van der Waals surface area contributed by atoms with Gasteiger partial charge in [-0.25, -0.2) is 5.43 Å². The Bertz CT molecular complexity index is 126. The fourth-order valence-corrected chi connectivity index (χ4v) is 0.694. The zero-order chi connectivity index (χ0) is 5.98. The lowest BCUT2D eigenvalue weighted by atomic mass is 10.2. The summed E-state index contributed by atoms with van der Waals surface area (Å²) in [7, 11) is 0. The summed E-state index contributed by atoms with van der Waals surface area (Å²) >= 11 is 0. The lowest BCUT2D eigenvalue weighted by Crippen LogP contribution is -2.29. The molecule has 0 spiro atoms. The zero-order valence-electron chi connectivity index (χ0n) is 4.94. The Kier molecular flexibility index (Phi) is 1.35. The molecule has 2 heteroatoms. The molecule has 1 aliphatic rings. The molecule has 0 aromatic carbocycles. The molecule has 1 heterocycles. The van der Waals surface area contributed by atoms with Crippen LogP contribution in [-0.2, 0) is 0 Å². The highest BCUT2D eigenvalue weighted by Crippen LogP contribution is 2.03. The van der Waals surface area contributed by atoms with Crippen LogP contribution in [0.25, 0.3) is 0 Å². The van der Waals surface area contributed by atoms with Gasteiger partial charge in [-0.05, 0) is 12.5 Å². The molecule has 0 bridgehead atoms.